The van der Waals surface area contributed by atoms with Gasteiger partial charge in [0, 0.05) is 26.1 Å². The molecule has 3 aromatic rings. The monoisotopic (exact) mass is 330 g/mol. The van der Waals surface area contributed by atoms with E-state index in [9.17, 15) is 0 Å². The topological polar surface area (TPSA) is 34.0 Å². The molecule has 4 nitrogen and oxygen atoms in total. The van der Waals surface area contributed by atoms with Gasteiger partial charge in [-0.05, 0) is 35.1 Å². The van der Waals surface area contributed by atoms with Gasteiger partial charge in [-0.3, -0.25) is 4.90 Å². The Hall–Kier alpha value is -2.46. The predicted molar refractivity (Wildman–Crippen MR) is 97.8 cm³/mol. The summed E-state index contributed by atoms with van der Waals surface area (Å²) >= 11 is 0. The highest BCUT2D eigenvalue weighted by Gasteiger charge is 2.29. The van der Waals surface area contributed by atoms with Crippen molar-refractivity contribution >= 4 is 0 Å². The van der Waals surface area contributed by atoms with Crippen molar-refractivity contribution < 1.29 is 0 Å². The van der Waals surface area contributed by atoms with Crippen molar-refractivity contribution in [3.05, 3.63) is 71.3 Å². The minimum Gasteiger partial charge on any atom is -0.317 e. The summed E-state index contributed by atoms with van der Waals surface area (Å²) in [5.74, 6) is 2.86. The molecule has 1 aromatic heterocycles. The van der Waals surface area contributed by atoms with Crippen LogP contribution in [0.4, 0.5) is 0 Å². The molecule has 2 heterocycles. The molecule has 1 fully saturated rings. The van der Waals surface area contributed by atoms with Crippen molar-refractivity contribution in [2.24, 2.45) is 7.05 Å². The number of hydrogen-bond donors (Lipinski definition) is 0. The number of rotatable bonds is 3. The third-order valence-corrected chi connectivity index (χ3v) is 5.42. The van der Waals surface area contributed by atoms with Crippen LogP contribution in [0.2, 0.25) is 0 Å². The lowest BCUT2D eigenvalue weighted by molar-refractivity contribution is 0.241. The van der Waals surface area contributed by atoms with Gasteiger partial charge in [-0.25, -0.2) is 0 Å². The first-order valence-corrected chi connectivity index (χ1v) is 9.06. The fourth-order valence-electron chi connectivity index (χ4n) is 3.90. The summed E-state index contributed by atoms with van der Waals surface area (Å²) in [5.41, 5.74) is 5.49. The molecule has 0 bridgehead atoms. The maximum atomic E-state index is 4.48. The number of benzene rings is 2. The lowest BCUT2D eigenvalue weighted by atomic mass is 9.97. The van der Waals surface area contributed by atoms with Crippen LogP contribution in [-0.2, 0) is 26.7 Å². The second kappa shape index (κ2) is 5.81. The third-order valence-electron chi connectivity index (χ3n) is 5.42. The van der Waals surface area contributed by atoms with Crippen molar-refractivity contribution in [3.8, 4) is 11.1 Å². The molecular formula is C21H22N4. The highest BCUT2D eigenvalue weighted by atomic mass is 15.3. The van der Waals surface area contributed by atoms with Gasteiger partial charge in [-0.2, -0.15) is 0 Å². The zero-order chi connectivity index (χ0) is 16.8. The van der Waals surface area contributed by atoms with Gasteiger partial charge in [0.15, 0.2) is 0 Å². The normalized spacial score (nSPS) is 17.0. The van der Waals surface area contributed by atoms with E-state index >= 15 is 0 Å². The summed E-state index contributed by atoms with van der Waals surface area (Å²) < 4.78 is 2.21. The van der Waals surface area contributed by atoms with Gasteiger partial charge in [0.2, 0.25) is 0 Å². The minimum atomic E-state index is 0.636. The molecule has 4 heteroatoms. The Morgan fingerprint density at radius 1 is 0.880 bits per heavy atom. The molecule has 1 aliphatic carbocycles. The second-order valence-corrected chi connectivity index (χ2v) is 7.27. The standard InChI is InChI=1S/C21H22N4/c1-24-20(22-23-21(24)15-10-11-15)14-25-12-16-6-2-4-8-18(16)19-9-5-3-7-17(19)13-25/h2-9,15H,10-14H2,1H3. The number of aromatic nitrogens is 3. The molecule has 1 saturated carbocycles. The van der Waals surface area contributed by atoms with Crippen LogP contribution in [0.1, 0.15) is 41.5 Å². The molecule has 5 rings (SSSR count). The molecule has 0 amide bonds. The van der Waals surface area contributed by atoms with Crippen LogP contribution >= 0.6 is 0 Å². The molecule has 1 aliphatic heterocycles. The summed E-state index contributed by atoms with van der Waals surface area (Å²) in [5, 5.41) is 8.93. The summed E-state index contributed by atoms with van der Waals surface area (Å²) in [7, 11) is 2.11. The Balaban J connectivity index is 1.49. The quantitative estimate of drug-likeness (QED) is 0.731. The van der Waals surface area contributed by atoms with Crippen molar-refractivity contribution in [2.45, 2.75) is 38.4 Å². The first kappa shape index (κ1) is 14.8. The van der Waals surface area contributed by atoms with E-state index in [4.69, 9.17) is 0 Å². The Morgan fingerprint density at radius 2 is 1.48 bits per heavy atom. The maximum absolute atomic E-state index is 4.48. The fraction of sp³-hybridized carbons (Fsp3) is 0.333. The van der Waals surface area contributed by atoms with Crippen LogP contribution in [-0.4, -0.2) is 19.7 Å². The third kappa shape index (κ3) is 2.67. The van der Waals surface area contributed by atoms with Crippen molar-refractivity contribution in [1.82, 2.24) is 19.7 Å². The second-order valence-electron chi connectivity index (χ2n) is 7.27. The molecule has 0 spiro atoms. The molecule has 0 saturated heterocycles. The molecule has 25 heavy (non-hydrogen) atoms. The maximum Gasteiger partial charge on any atom is 0.146 e. The van der Waals surface area contributed by atoms with Crippen LogP contribution in [0.3, 0.4) is 0 Å². The van der Waals surface area contributed by atoms with E-state index in [1.54, 1.807) is 0 Å². The average Bonchev–Trinajstić information content (AvgIpc) is 3.42. The van der Waals surface area contributed by atoms with E-state index in [2.05, 4.69) is 75.2 Å². The smallest absolute Gasteiger partial charge is 0.146 e. The lowest BCUT2D eigenvalue weighted by Crippen LogP contribution is -2.23. The van der Waals surface area contributed by atoms with Crippen LogP contribution in [0.15, 0.2) is 48.5 Å². The first-order valence-electron chi connectivity index (χ1n) is 9.06. The molecule has 126 valence electrons. The van der Waals surface area contributed by atoms with Crippen molar-refractivity contribution in [1.29, 1.82) is 0 Å². The molecule has 0 unspecified atom stereocenters. The van der Waals surface area contributed by atoms with Gasteiger partial charge in [-0.15, -0.1) is 10.2 Å². The van der Waals surface area contributed by atoms with E-state index < -0.39 is 0 Å². The Kier molecular flexibility index (Phi) is 3.45. The van der Waals surface area contributed by atoms with Gasteiger partial charge < -0.3 is 4.57 Å². The molecular weight excluding hydrogens is 308 g/mol. The highest BCUT2D eigenvalue weighted by molar-refractivity contribution is 5.71. The number of hydrogen-bond acceptors (Lipinski definition) is 3. The van der Waals surface area contributed by atoms with Crippen LogP contribution in [0, 0.1) is 0 Å². The summed E-state index contributed by atoms with van der Waals surface area (Å²) in [6, 6.07) is 17.5. The molecule has 0 N–H and O–H groups in total. The zero-order valence-electron chi connectivity index (χ0n) is 14.5. The largest absolute Gasteiger partial charge is 0.317 e. The Bertz CT molecular complexity index is 876. The first-order chi connectivity index (χ1) is 12.3. The molecule has 2 aromatic carbocycles. The average molecular weight is 330 g/mol. The SMILES string of the molecule is Cn1c(CN2Cc3ccccc3-c3ccccc3C2)nnc1C1CC1. The van der Waals surface area contributed by atoms with Gasteiger partial charge in [-0.1, -0.05) is 48.5 Å². The fourth-order valence-corrected chi connectivity index (χ4v) is 3.90. The summed E-state index contributed by atoms with van der Waals surface area (Å²) in [6.07, 6.45) is 2.52. The minimum absolute atomic E-state index is 0.636. The van der Waals surface area contributed by atoms with Gasteiger partial charge in [0.25, 0.3) is 0 Å². The van der Waals surface area contributed by atoms with E-state index in [1.165, 1.54) is 35.1 Å². The zero-order valence-corrected chi connectivity index (χ0v) is 14.5. The van der Waals surface area contributed by atoms with Crippen molar-refractivity contribution in [2.75, 3.05) is 0 Å². The van der Waals surface area contributed by atoms with Gasteiger partial charge in [0.1, 0.15) is 11.6 Å². The summed E-state index contributed by atoms with van der Waals surface area (Å²) in [6.45, 7) is 2.71. The summed E-state index contributed by atoms with van der Waals surface area (Å²) in [4.78, 5) is 2.48. The van der Waals surface area contributed by atoms with E-state index in [1.807, 2.05) is 0 Å². The molecule has 0 atom stereocenters. The predicted octanol–water partition coefficient (Wildman–Crippen LogP) is 3.88. The Labute approximate surface area is 148 Å². The lowest BCUT2D eigenvalue weighted by Gasteiger charge is -2.20. The Morgan fingerprint density at radius 3 is 2.08 bits per heavy atom. The van der Waals surface area contributed by atoms with Crippen LogP contribution < -0.4 is 0 Å². The van der Waals surface area contributed by atoms with Crippen molar-refractivity contribution in [3.63, 3.8) is 0 Å². The molecule has 0 radical (unpaired) electrons. The van der Waals surface area contributed by atoms with E-state index in [0.717, 1.165) is 31.3 Å². The van der Waals surface area contributed by atoms with E-state index in [-0.39, 0.29) is 0 Å². The molecule has 2 aliphatic rings. The van der Waals surface area contributed by atoms with Gasteiger partial charge in [0.05, 0.1) is 6.54 Å². The van der Waals surface area contributed by atoms with Gasteiger partial charge >= 0.3 is 0 Å². The number of nitrogens with zero attached hydrogens (tertiary/aromatic N) is 4. The van der Waals surface area contributed by atoms with E-state index in [0.29, 0.717) is 5.92 Å². The number of fused-ring (bicyclic) bond motifs is 3. The highest BCUT2D eigenvalue weighted by Crippen LogP contribution is 2.39. The van der Waals surface area contributed by atoms with Crippen LogP contribution in [0.5, 0.6) is 0 Å². The van der Waals surface area contributed by atoms with Crippen LogP contribution in [0.25, 0.3) is 11.1 Å².